The number of allylic oxidation sites excluding steroid dienone is 9. The van der Waals surface area contributed by atoms with E-state index in [0.717, 1.165) is 6.08 Å². The Bertz CT molecular complexity index is 1050. The van der Waals surface area contributed by atoms with E-state index in [1.54, 1.807) is 12.2 Å². The maximum atomic E-state index is 12.4. The van der Waals surface area contributed by atoms with Crippen LogP contribution in [0.3, 0.4) is 0 Å². The fourth-order valence-corrected chi connectivity index (χ4v) is 4.73. The summed E-state index contributed by atoms with van der Waals surface area (Å²) in [5, 5.41) is 0. The lowest BCUT2D eigenvalue weighted by atomic mass is 9.78. The summed E-state index contributed by atoms with van der Waals surface area (Å²) in [4.78, 5) is 21.7. The van der Waals surface area contributed by atoms with Gasteiger partial charge in [-0.1, -0.05) is 18.2 Å². The number of hydrogen-bond acceptors (Lipinski definition) is 6. The molecule has 0 aromatic carbocycles. The van der Waals surface area contributed by atoms with Crippen molar-refractivity contribution < 1.29 is 35.5 Å². The van der Waals surface area contributed by atoms with E-state index >= 15 is 0 Å². The van der Waals surface area contributed by atoms with Crippen molar-refractivity contribution in [1.29, 1.82) is 0 Å². The minimum absolute atomic E-state index is 0.0955. The Labute approximate surface area is 137 Å². The zero-order valence-electron chi connectivity index (χ0n) is 11.8. The lowest BCUT2D eigenvalue weighted by Gasteiger charge is -2.27. The van der Waals surface area contributed by atoms with Gasteiger partial charge < -0.3 is 0 Å². The van der Waals surface area contributed by atoms with Gasteiger partial charge in [-0.15, -0.1) is 0 Å². The van der Waals surface area contributed by atoms with Crippen LogP contribution in [0, 0.1) is 5.92 Å². The predicted molar refractivity (Wildman–Crippen MR) is 81.6 cm³/mol. The van der Waals surface area contributed by atoms with E-state index in [4.69, 9.17) is 0 Å². The third-order valence-corrected chi connectivity index (χ3v) is 5.73. The van der Waals surface area contributed by atoms with Crippen LogP contribution in [-0.4, -0.2) is 37.5 Å². The first-order valence-corrected chi connectivity index (χ1v) is 9.47. The molecule has 3 aliphatic rings. The fraction of sp³-hybridized carbons (Fsp3) is 0.143. The molecule has 0 bridgehead atoms. The van der Waals surface area contributed by atoms with Crippen LogP contribution in [0.25, 0.3) is 0 Å². The average molecular weight is 370 g/mol. The van der Waals surface area contributed by atoms with Crippen LogP contribution in [-0.2, 0) is 29.8 Å². The van der Waals surface area contributed by atoms with E-state index in [-0.39, 0.29) is 23.4 Å². The minimum atomic E-state index is -5.20. The number of Topliss-reactive ketones (excluding diaryl/α,β-unsaturated/α-hetero) is 2. The molecule has 0 fully saturated rings. The standard InChI is InChI=1S/C14H10O8S2/c15-11-3-1-2-7-4-8-5-12(23(17,18)19)14(24(20,21)22)13(16)10(8)6-9(7)11/h1-2,4-6,10H,3H2,(H,17,18,19)(H,20,21,22)/t10-/m0/s1. The lowest BCUT2D eigenvalue weighted by Crippen LogP contribution is -2.30. The molecule has 3 aliphatic carbocycles. The van der Waals surface area contributed by atoms with Gasteiger partial charge in [0.25, 0.3) is 20.2 Å². The molecule has 0 amide bonds. The van der Waals surface area contributed by atoms with Gasteiger partial charge in [0.2, 0.25) is 0 Å². The predicted octanol–water partition coefficient (Wildman–Crippen LogP) is 0.494. The van der Waals surface area contributed by atoms with Gasteiger partial charge >= 0.3 is 0 Å². The number of ketones is 2. The lowest BCUT2D eigenvalue weighted by molar-refractivity contribution is -0.116. The maximum Gasteiger partial charge on any atom is 0.299 e. The first kappa shape index (κ1) is 16.7. The molecule has 8 nitrogen and oxygen atoms in total. The Balaban J connectivity index is 2.31. The molecular formula is C14H10O8S2. The summed E-state index contributed by atoms with van der Waals surface area (Å²) in [7, 11) is -10.3. The molecule has 0 aliphatic heterocycles. The summed E-state index contributed by atoms with van der Waals surface area (Å²) >= 11 is 0. The number of carbonyl (C=O) groups is 2. The number of fused-ring (bicyclic) bond motifs is 2. The summed E-state index contributed by atoms with van der Waals surface area (Å²) in [5.41, 5.74) is 0.766. The molecule has 126 valence electrons. The molecule has 0 radical (unpaired) electrons. The zero-order valence-corrected chi connectivity index (χ0v) is 13.5. The van der Waals surface area contributed by atoms with Crippen LogP contribution in [0.2, 0.25) is 0 Å². The summed E-state index contributed by atoms with van der Waals surface area (Å²) in [6.07, 6.45) is 6.75. The molecule has 3 rings (SSSR count). The molecule has 0 saturated carbocycles. The number of rotatable bonds is 2. The average Bonchev–Trinajstić information content (AvgIpc) is 2.43. The molecule has 0 aromatic heterocycles. The molecule has 2 N–H and O–H groups in total. The maximum absolute atomic E-state index is 12.4. The van der Waals surface area contributed by atoms with E-state index in [1.807, 2.05) is 0 Å². The second-order valence-corrected chi connectivity index (χ2v) is 8.09. The molecule has 1 atom stereocenters. The van der Waals surface area contributed by atoms with Crippen molar-refractivity contribution in [3.8, 4) is 0 Å². The topological polar surface area (TPSA) is 143 Å². The van der Waals surface area contributed by atoms with Crippen molar-refractivity contribution >= 4 is 31.8 Å². The van der Waals surface area contributed by atoms with Crippen molar-refractivity contribution in [3.63, 3.8) is 0 Å². The van der Waals surface area contributed by atoms with Gasteiger partial charge in [0.15, 0.2) is 16.5 Å². The first-order chi connectivity index (χ1) is 11.0. The highest BCUT2D eigenvalue weighted by Crippen LogP contribution is 2.39. The SMILES string of the molecule is O=C1CC=CC2=CC3=CC(S(=O)(=O)O)=C(S(=O)(=O)O)C(=O)[C@H]3C=C12. The highest BCUT2D eigenvalue weighted by atomic mass is 32.2. The summed E-state index contributed by atoms with van der Waals surface area (Å²) < 4.78 is 64.1. The van der Waals surface area contributed by atoms with Crippen LogP contribution in [0.1, 0.15) is 6.42 Å². The molecule has 10 heteroatoms. The second kappa shape index (κ2) is 5.18. The smallest absolute Gasteiger partial charge is 0.294 e. The Morgan fingerprint density at radius 1 is 1.00 bits per heavy atom. The molecule has 0 spiro atoms. The van der Waals surface area contributed by atoms with Gasteiger partial charge in [-0.05, 0) is 23.3 Å². The van der Waals surface area contributed by atoms with Gasteiger partial charge in [0, 0.05) is 12.0 Å². The van der Waals surface area contributed by atoms with Gasteiger partial charge in [0.1, 0.15) is 4.91 Å². The summed E-state index contributed by atoms with van der Waals surface area (Å²) in [6, 6.07) is 0. The van der Waals surface area contributed by atoms with Crippen molar-refractivity contribution in [2.75, 3.05) is 0 Å². The highest BCUT2D eigenvalue weighted by Gasteiger charge is 2.42. The third-order valence-electron chi connectivity index (χ3n) is 3.79. The molecule has 0 aromatic rings. The van der Waals surface area contributed by atoms with Gasteiger partial charge in [-0.25, -0.2) is 0 Å². The number of carbonyl (C=O) groups excluding carboxylic acids is 2. The molecule has 0 unspecified atom stereocenters. The minimum Gasteiger partial charge on any atom is -0.294 e. The molecular weight excluding hydrogens is 360 g/mol. The van der Waals surface area contributed by atoms with Gasteiger partial charge in [-0.2, -0.15) is 16.8 Å². The van der Waals surface area contributed by atoms with Crippen molar-refractivity contribution in [2.45, 2.75) is 6.42 Å². The van der Waals surface area contributed by atoms with Crippen molar-refractivity contribution in [3.05, 3.63) is 56.9 Å². The van der Waals surface area contributed by atoms with Crippen molar-refractivity contribution in [2.24, 2.45) is 5.92 Å². The Hall–Kier alpha value is -2.14. The van der Waals surface area contributed by atoms with E-state index in [1.165, 1.54) is 12.2 Å². The van der Waals surface area contributed by atoms with Crippen LogP contribution in [0.15, 0.2) is 56.9 Å². The van der Waals surface area contributed by atoms with Crippen molar-refractivity contribution in [1.82, 2.24) is 0 Å². The van der Waals surface area contributed by atoms with Gasteiger partial charge in [0.05, 0.1) is 5.92 Å². The largest absolute Gasteiger partial charge is 0.299 e. The van der Waals surface area contributed by atoms with Crippen LogP contribution >= 0.6 is 0 Å². The summed E-state index contributed by atoms with van der Waals surface area (Å²) in [5.74, 6) is -2.73. The van der Waals surface area contributed by atoms with Crippen LogP contribution in [0.4, 0.5) is 0 Å². The number of hydrogen-bond donors (Lipinski definition) is 2. The molecule has 24 heavy (non-hydrogen) atoms. The Kier molecular flexibility index (Phi) is 3.61. The fourth-order valence-electron chi connectivity index (χ4n) is 2.78. The Morgan fingerprint density at radius 3 is 2.25 bits per heavy atom. The normalized spacial score (nSPS) is 24.1. The quantitative estimate of drug-likeness (QED) is 0.669. The third kappa shape index (κ3) is 2.63. The van der Waals surface area contributed by atoms with Crippen LogP contribution in [0.5, 0.6) is 0 Å². The molecule has 0 heterocycles. The first-order valence-electron chi connectivity index (χ1n) is 6.59. The van der Waals surface area contributed by atoms with E-state index < -0.39 is 41.7 Å². The zero-order chi connectivity index (χ0) is 17.9. The van der Waals surface area contributed by atoms with Gasteiger partial charge in [-0.3, -0.25) is 18.7 Å². The van der Waals surface area contributed by atoms with E-state index in [2.05, 4.69) is 0 Å². The Morgan fingerprint density at radius 2 is 1.67 bits per heavy atom. The summed E-state index contributed by atoms with van der Waals surface area (Å²) in [6.45, 7) is 0. The second-order valence-electron chi connectivity index (χ2n) is 5.34. The highest BCUT2D eigenvalue weighted by molar-refractivity contribution is 7.94. The molecule has 0 saturated heterocycles. The van der Waals surface area contributed by atoms with E-state index in [9.17, 15) is 35.5 Å². The monoisotopic (exact) mass is 370 g/mol. The van der Waals surface area contributed by atoms with E-state index in [0.29, 0.717) is 5.57 Å². The van der Waals surface area contributed by atoms with Crippen LogP contribution < -0.4 is 0 Å².